The Morgan fingerprint density at radius 2 is 1.97 bits per heavy atom. The van der Waals surface area contributed by atoms with Crippen molar-refractivity contribution in [3.8, 4) is 0 Å². The van der Waals surface area contributed by atoms with Crippen molar-refractivity contribution in [3.05, 3.63) is 77.4 Å². The first-order valence-electron chi connectivity index (χ1n) is 11.2. The van der Waals surface area contributed by atoms with Crippen molar-refractivity contribution in [1.29, 1.82) is 0 Å². The molecule has 31 heavy (non-hydrogen) atoms. The summed E-state index contributed by atoms with van der Waals surface area (Å²) in [5.41, 5.74) is 4.28. The maximum Gasteiger partial charge on any atom is 0.251 e. The first kappa shape index (κ1) is 19.8. The molecule has 0 saturated heterocycles. The molecule has 0 spiro atoms. The fourth-order valence-electron chi connectivity index (χ4n) is 4.21. The van der Waals surface area contributed by atoms with Crippen molar-refractivity contribution >= 4 is 11.6 Å². The number of nitrogens with one attached hydrogen (secondary N) is 1. The molecular formula is C25H29N5O. The summed E-state index contributed by atoms with van der Waals surface area (Å²) < 4.78 is 1.90. The van der Waals surface area contributed by atoms with E-state index in [0.29, 0.717) is 11.5 Å². The fraction of sp³-hybridized carbons (Fsp3) is 0.400. The average molecular weight is 416 g/mol. The lowest BCUT2D eigenvalue weighted by molar-refractivity contribution is 0.0951. The van der Waals surface area contributed by atoms with Crippen LogP contribution in [0.25, 0.3) is 0 Å². The normalized spacial score (nSPS) is 17.8. The van der Waals surface area contributed by atoms with Crippen molar-refractivity contribution in [1.82, 2.24) is 20.1 Å². The molecule has 1 N–H and O–H groups in total. The Morgan fingerprint density at radius 3 is 2.68 bits per heavy atom. The maximum absolute atomic E-state index is 12.7. The predicted molar refractivity (Wildman–Crippen MR) is 121 cm³/mol. The highest BCUT2D eigenvalue weighted by Gasteiger charge is 2.33. The number of fused-ring (bicyclic) bond motifs is 1. The van der Waals surface area contributed by atoms with Gasteiger partial charge in [-0.25, -0.2) is 4.98 Å². The van der Waals surface area contributed by atoms with Crippen LogP contribution in [0.4, 0.5) is 5.69 Å². The number of benzene rings is 2. The van der Waals surface area contributed by atoms with Crippen LogP contribution in [-0.2, 0) is 6.54 Å². The van der Waals surface area contributed by atoms with Gasteiger partial charge in [-0.05, 0) is 61.9 Å². The number of nitrogens with zero attached hydrogens (tertiary/aromatic N) is 4. The first-order chi connectivity index (χ1) is 15.1. The number of amides is 1. The predicted octanol–water partition coefficient (Wildman–Crippen LogP) is 4.15. The highest BCUT2D eigenvalue weighted by atomic mass is 16.1. The van der Waals surface area contributed by atoms with Crippen molar-refractivity contribution in [2.75, 3.05) is 18.0 Å². The maximum atomic E-state index is 12.7. The third-order valence-electron chi connectivity index (χ3n) is 6.24. The number of hydrogen-bond acceptors (Lipinski definition) is 4. The summed E-state index contributed by atoms with van der Waals surface area (Å²) in [7, 11) is 0. The van der Waals surface area contributed by atoms with E-state index in [0.717, 1.165) is 36.7 Å². The Kier molecular flexibility index (Phi) is 5.22. The molecule has 5 rings (SSSR count). The zero-order valence-electron chi connectivity index (χ0n) is 18.2. The standard InChI is InChI=1S/C25H29N5O/c1-17(2)30-16-27-24(28-30)22-15-29(14-19-6-4-3-5-7-19)23-11-10-20(12-21(22)23)25(31)26-13-18-8-9-18/h3-7,10-12,16-18,22H,8-9,13-15H2,1-2H3,(H,26,31). The molecule has 3 aromatic rings. The molecule has 160 valence electrons. The van der Waals surface area contributed by atoms with Gasteiger partial charge in [0.15, 0.2) is 5.82 Å². The SMILES string of the molecule is CC(C)n1cnc(C2CN(Cc3ccccc3)c3ccc(C(=O)NCC4CC4)cc32)n1. The number of aromatic nitrogens is 3. The molecule has 1 atom stereocenters. The second-order valence-corrected chi connectivity index (χ2v) is 9.02. The molecule has 2 aliphatic rings. The third kappa shape index (κ3) is 4.20. The van der Waals surface area contributed by atoms with Crippen LogP contribution < -0.4 is 10.2 Å². The second-order valence-electron chi connectivity index (χ2n) is 9.02. The largest absolute Gasteiger partial charge is 0.366 e. The van der Waals surface area contributed by atoms with Crippen LogP contribution in [0, 0.1) is 5.92 Å². The van der Waals surface area contributed by atoms with E-state index < -0.39 is 0 Å². The minimum atomic E-state index is 0.00984. The summed E-state index contributed by atoms with van der Waals surface area (Å²) in [6.45, 7) is 6.61. The molecule has 1 aliphatic carbocycles. The molecule has 6 nitrogen and oxygen atoms in total. The van der Waals surface area contributed by atoms with Crippen LogP contribution in [0.5, 0.6) is 0 Å². The zero-order chi connectivity index (χ0) is 21.4. The van der Waals surface area contributed by atoms with Crippen molar-refractivity contribution in [2.45, 2.75) is 45.2 Å². The summed E-state index contributed by atoms with van der Waals surface area (Å²) >= 11 is 0. The topological polar surface area (TPSA) is 63.1 Å². The van der Waals surface area contributed by atoms with Crippen LogP contribution in [-0.4, -0.2) is 33.8 Å². The molecule has 1 fully saturated rings. The zero-order valence-corrected chi connectivity index (χ0v) is 18.2. The first-order valence-corrected chi connectivity index (χ1v) is 11.2. The molecule has 1 unspecified atom stereocenters. The summed E-state index contributed by atoms with van der Waals surface area (Å²) in [6, 6.07) is 16.8. The molecule has 6 heteroatoms. The summed E-state index contributed by atoms with van der Waals surface area (Å²) in [5.74, 6) is 1.54. The number of carbonyl (C=O) groups is 1. The lowest BCUT2D eigenvalue weighted by Crippen LogP contribution is -2.25. The van der Waals surface area contributed by atoms with Gasteiger partial charge in [-0.2, -0.15) is 5.10 Å². The Bertz CT molecular complexity index is 1070. The van der Waals surface area contributed by atoms with E-state index >= 15 is 0 Å². The Morgan fingerprint density at radius 1 is 1.16 bits per heavy atom. The molecule has 2 heterocycles. The van der Waals surface area contributed by atoms with Gasteiger partial charge in [-0.15, -0.1) is 0 Å². The molecule has 1 amide bonds. The van der Waals surface area contributed by atoms with Gasteiger partial charge in [-0.1, -0.05) is 30.3 Å². The van der Waals surface area contributed by atoms with Crippen LogP contribution in [0.2, 0.25) is 0 Å². The van der Waals surface area contributed by atoms with Crippen LogP contribution in [0.1, 0.15) is 66.0 Å². The van der Waals surface area contributed by atoms with Gasteiger partial charge < -0.3 is 10.2 Å². The third-order valence-corrected chi connectivity index (χ3v) is 6.24. The van der Waals surface area contributed by atoms with Gasteiger partial charge in [0, 0.05) is 36.9 Å². The highest BCUT2D eigenvalue weighted by Crippen LogP contribution is 2.40. The van der Waals surface area contributed by atoms with Crippen LogP contribution in [0.15, 0.2) is 54.9 Å². The molecule has 0 radical (unpaired) electrons. The van der Waals surface area contributed by atoms with Crippen molar-refractivity contribution in [3.63, 3.8) is 0 Å². The summed E-state index contributed by atoms with van der Waals surface area (Å²) in [6.07, 6.45) is 4.27. The monoisotopic (exact) mass is 415 g/mol. The molecule has 2 aromatic carbocycles. The van der Waals surface area contributed by atoms with Gasteiger partial charge >= 0.3 is 0 Å². The summed E-state index contributed by atoms with van der Waals surface area (Å²) in [5, 5.41) is 7.84. The Hall–Kier alpha value is -3.15. The van der Waals surface area contributed by atoms with Gasteiger partial charge in [-0.3, -0.25) is 9.48 Å². The number of anilines is 1. The van der Waals surface area contributed by atoms with E-state index in [1.807, 2.05) is 29.2 Å². The van der Waals surface area contributed by atoms with Gasteiger partial charge in [0.25, 0.3) is 5.91 Å². The quantitative estimate of drug-likeness (QED) is 0.630. The van der Waals surface area contributed by atoms with E-state index in [-0.39, 0.29) is 17.9 Å². The van der Waals surface area contributed by atoms with E-state index in [4.69, 9.17) is 5.10 Å². The fourth-order valence-corrected chi connectivity index (χ4v) is 4.21. The number of carbonyl (C=O) groups excluding carboxylic acids is 1. The van der Waals surface area contributed by atoms with Crippen LogP contribution in [0.3, 0.4) is 0 Å². The molecule has 1 aliphatic heterocycles. The lowest BCUT2D eigenvalue weighted by Gasteiger charge is -2.20. The Labute approximate surface area is 183 Å². The minimum Gasteiger partial charge on any atom is -0.366 e. The lowest BCUT2D eigenvalue weighted by atomic mass is 9.98. The average Bonchev–Trinajstić information content (AvgIpc) is 3.36. The van der Waals surface area contributed by atoms with E-state index in [1.54, 1.807) is 0 Å². The van der Waals surface area contributed by atoms with Crippen molar-refractivity contribution < 1.29 is 4.79 Å². The minimum absolute atomic E-state index is 0.00984. The molecule has 1 saturated carbocycles. The second kappa shape index (κ2) is 8.17. The van der Waals surface area contributed by atoms with Gasteiger partial charge in [0.05, 0.1) is 5.92 Å². The van der Waals surface area contributed by atoms with Gasteiger partial charge in [0.1, 0.15) is 6.33 Å². The van der Waals surface area contributed by atoms with Crippen molar-refractivity contribution in [2.24, 2.45) is 5.92 Å². The molecule has 1 aromatic heterocycles. The van der Waals surface area contributed by atoms with E-state index in [9.17, 15) is 4.79 Å². The highest BCUT2D eigenvalue weighted by molar-refractivity contribution is 5.95. The van der Waals surface area contributed by atoms with Crippen LogP contribution >= 0.6 is 0 Å². The van der Waals surface area contributed by atoms with E-state index in [1.165, 1.54) is 18.4 Å². The number of rotatable bonds is 7. The van der Waals surface area contributed by atoms with Gasteiger partial charge in [0.2, 0.25) is 0 Å². The smallest absolute Gasteiger partial charge is 0.251 e. The molecule has 0 bridgehead atoms. The summed E-state index contributed by atoms with van der Waals surface area (Å²) in [4.78, 5) is 19.7. The van der Waals surface area contributed by atoms with E-state index in [2.05, 4.69) is 59.4 Å². The molecular weight excluding hydrogens is 386 g/mol. The number of hydrogen-bond donors (Lipinski definition) is 1. The Balaban J connectivity index is 1.46.